The van der Waals surface area contributed by atoms with Crippen LogP contribution in [-0.4, -0.2) is 56.2 Å². The zero-order valence-electron chi connectivity index (χ0n) is 47.0. The van der Waals surface area contributed by atoms with Gasteiger partial charge in [0.15, 0.2) is 29.1 Å². The second-order valence-electron chi connectivity index (χ2n) is 20.7. The van der Waals surface area contributed by atoms with E-state index in [2.05, 4.69) is 119 Å². The van der Waals surface area contributed by atoms with Gasteiger partial charge in [0.2, 0.25) is 0 Å². The lowest BCUT2D eigenvalue weighted by Gasteiger charge is -2.30. The largest absolute Gasteiger partial charge is 0.303 e. The Labute approximate surface area is 398 Å². The molecule has 3 aromatic carbocycles. The lowest BCUT2D eigenvalue weighted by atomic mass is 9.38. The second kappa shape index (κ2) is 15.5. The zero-order chi connectivity index (χ0) is 52.1. The van der Waals surface area contributed by atoms with Crippen LogP contribution in [0.1, 0.15) is 188 Å². The number of aryl methyl sites for hydroxylation is 5. The average Bonchev–Trinajstić information content (AvgIpc) is 3.88. The third-order valence-corrected chi connectivity index (χ3v) is 13.8. The van der Waals surface area contributed by atoms with Crippen molar-refractivity contribution in [2.75, 3.05) is 0 Å². The maximum absolute atomic E-state index is 9.00. The quantitative estimate of drug-likeness (QED) is 0.132. The van der Waals surface area contributed by atoms with E-state index in [1.807, 2.05) is 20.8 Å². The predicted octanol–water partition coefficient (Wildman–Crippen LogP) is 11.2. The van der Waals surface area contributed by atoms with Crippen molar-refractivity contribution in [1.29, 1.82) is 0 Å². The Hall–Kier alpha value is -6.10. The van der Waals surface area contributed by atoms with Crippen LogP contribution in [0.3, 0.4) is 0 Å². The molecule has 0 bridgehead atoms. The van der Waals surface area contributed by atoms with Crippen LogP contribution >= 0.6 is 0 Å². The first-order valence-electron chi connectivity index (χ1n) is 26.7. The highest BCUT2D eigenvalue weighted by atomic mass is 15.4. The van der Waals surface area contributed by atoms with E-state index in [4.69, 9.17) is 48.3 Å². The van der Waals surface area contributed by atoms with E-state index in [0.29, 0.717) is 56.8 Å². The Morgan fingerprint density at radius 1 is 0.455 bits per heavy atom. The summed E-state index contributed by atoms with van der Waals surface area (Å²) in [4.78, 5) is 32.6. The molecule has 0 radical (unpaired) electrons. The molecule has 0 saturated heterocycles. The SMILES string of the molecule is [2H]C([2H])([2H])c1nn2c3c(nc(-c4c(C(C)C)cc(C(C)C)cc4C(C)C)nc13)B1c3c-2nc(-c2c(C)cc(C)cc2C)nc3-n2nc(C([2H])([2H])[2H])c3nc(-c4c(C(C)C)cc(C(C)C)cc4C(C)C)nc1c32. The summed E-state index contributed by atoms with van der Waals surface area (Å²) in [6, 6.07) is 13.1. The number of rotatable bonds is 9. The van der Waals surface area contributed by atoms with Gasteiger partial charge in [-0.1, -0.05) is 125 Å². The van der Waals surface area contributed by atoms with Crippen molar-refractivity contribution >= 4 is 45.4 Å². The molecule has 0 saturated carbocycles. The van der Waals surface area contributed by atoms with Gasteiger partial charge in [0.05, 0.1) is 11.4 Å². The molecule has 0 unspecified atom stereocenters. The minimum atomic E-state index is -2.70. The predicted molar refractivity (Wildman–Crippen MR) is 272 cm³/mol. The number of aromatic nitrogens is 10. The highest BCUT2D eigenvalue weighted by molar-refractivity contribution is 6.99. The van der Waals surface area contributed by atoms with Crippen LogP contribution in [0.25, 0.3) is 67.9 Å². The number of benzene rings is 3. The fourth-order valence-corrected chi connectivity index (χ4v) is 10.5. The Kier molecular flexibility index (Phi) is 8.70. The fourth-order valence-electron chi connectivity index (χ4n) is 10.5. The summed E-state index contributed by atoms with van der Waals surface area (Å²) in [5.41, 5.74) is 14.2. The lowest BCUT2D eigenvalue weighted by Crippen LogP contribution is -2.62. The zero-order valence-corrected chi connectivity index (χ0v) is 41.0. The Morgan fingerprint density at radius 3 is 1.15 bits per heavy atom. The van der Waals surface area contributed by atoms with Crippen LogP contribution in [0.2, 0.25) is 0 Å². The highest BCUT2D eigenvalue weighted by Gasteiger charge is 2.47. The summed E-state index contributed by atoms with van der Waals surface area (Å²) >= 11 is 0. The highest BCUT2D eigenvalue weighted by Crippen LogP contribution is 2.41. The van der Waals surface area contributed by atoms with Crippen molar-refractivity contribution in [3.8, 4) is 45.8 Å². The molecule has 0 amide bonds. The van der Waals surface area contributed by atoms with Gasteiger partial charge in [-0.2, -0.15) is 10.2 Å². The van der Waals surface area contributed by atoms with Crippen molar-refractivity contribution < 1.29 is 8.22 Å². The third kappa shape index (κ3) is 6.50. The molecule has 11 heteroatoms. The minimum Gasteiger partial charge on any atom is -0.240 e. The van der Waals surface area contributed by atoms with Crippen molar-refractivity contribution in [2.24, 2.45) is 0 Å². The Bertz CT molecular complexity index is 3300. The maximum atomic E-state index is 9.00. The van der Waals surface area contributed by atoms with Crippen LogP contribution in [0.4, 0.5) is 0 Å². The van der Waals surface area contributed by atoms with Crippen molar-refractivity contribution in [2.45, 2.75) is 153 Å². The van der Waals surface area contributed by atoms with Crippen LogP contribution in [-0.2, 0) is 0 Å². The van der Waals surface area contributed by atoms with Gasteiger partial charge in [-0.15, -0.1) is 0 Å². The summed E-state index contributed by atoms with van der Waals surface area (Å²) in [5.74, 6) is 2.46. The molecule has 7 heterocycles. The second-order valence-corrected chi connectivity index (χ2v) is 20.7. The first-order valence-corrected chi connectivity index (χ1v) is 23.7. The smallest absolute Gasteiger partial charge is 0.240 e. The summed E-state index contributed by atoms with van der Waals surface area (Å²) in [5, 5.41) is 9.91. The van der Waals surface area contributed by atoms with Crippen LogP contribution in [0.5, 0.6) is 0 Å². The van der Waals surface area contributed by atoms with E-state index in [9.17, 15) is 0 Å². The van der Waals surface area contributed by atoms with Gasteiger partial charge in [0.1, 0.15) is 22.1 Å². The minimum absolute atomic E-state index is 0.0586. The van der Waals surface area contributed by atoms with Gasteiger partial charge in [0.25, 0.3) is 0 Å². The van der Waals surface area contributed by atoms with Gasteiger partial charge in [-0.05, 0) is 114 Å². The number of fused-ring (bicyclic) bond motifs is 4. The van der Waals surface area contributed by atoms with Gasteiger partial charge in [0, 0.05) is 41.6 Å². The molecule has 336 valence electrons. The monoisotopic (exact) mass is 881 g/mol. The lowest BCUT2D eigenvalue weighted by molar-refractivity contribution is 0.805. The van der Waals surface area contributed by atoms with Crippen LogP contribution in [0, 0.1) is 34.5 Å². The Balaban J connectivity index is 1.43. The fraction of sp³-hybridized carbons (Fsp3) is 0.418. The van der Waals surface area contributed by atoms with E-state index < -0.39 is 20.4 Å². The van der Waals surface area contributed by atoms with Gasteiger partial charge in [-0.25, -0.2) is 39.3 Å². The first-order chi connectivity index (χ1) is 33.7. The molecule has 10 rings (SSSR count). The molecule has 0 fully saturated rings. The number of hydrogen-bond acceptors (Lipinski definition) is 8. The van der Waals surface area contributed by atoms with Crippen molar-refractivity contribution in [3.05, 3.63) is 97.9 Å². The van der Waals surface area contributed by atoms with Gasteiger partial charge >= 0.3 is 6.71 Å². The molecule has 0 atom stereocenters. The molecule has 0 N–H and O–H groups in total. The molecule has 2 aliphatic rings. The topological polar surface area (TPSA) is 113 Å². The number of hydrogen-bond donors (Lipinski definition) is 0. The van der Waals surface area contributed by atoms with Crippen LogP contribution in [0.15, 0.2) is 36.4 Å². The summed E-state index contributed by atoms with van der Waals surface area (Å²) < 4.78 is 57.1. The summed E-state index contributed by atoms with van der Waals surface area (Å²) in [6.07, 6.45) is 0. The molecule has 10 nitrogen and oxygen atoms in total. The molecular formula is C55H63BN10. The van der Waals surface area contributed by atoms with E-state index in [1.54, 1.807) is 9.36 Å². The maximum Gasteiger partial charge on any atom is 0.303 e. The van der Waals surface area contributed by atoms with E-state index in [0.717, 1.165) is 55.6 Å². The molecule has 0 spiro atoms. The molecular weight excluding hydrogens is 811 g/mol. The van der Waals surface area contributed by atoms with Crippen molar-refractivity contribution in [1.82, 2.24) is 49.5 Å². The average molecular weight is 881 g/mol. The van der Waals surface area contributed by atoms with Crippen molar-refractivity contribution in [3.63, 3.8) is 0 Å². The van der Waals surface area contributed by atoms with E-state index in [1.165, 1.54) is 11.1 Å². The van der Waals surface area contributed by atoms with E-state index in [-0.39, 0.29) is 57.9 Å². The van der Waals surface area contributed by atoms with Crippen LogP contribution < -0.4 is 16.6 Å². The molecule has 8 aromatic rings. The number of nitrogens with zero attached hydrogens (tertiary/aromatic N) is 10. The molecule has 5 aromatic heterocycles. The van der Waals surface area contributed by atoms with Gasteiger partial charge < -0.3 is 0 Å². The molecule has 66 heavy (non-hydrogen) atoms. The summed E-state index contributed by atoms with van der Waals surface area (Å²) in [7, 11) is 0. The van der Waals surface area contributed by atoms with Gasteiger partial charge in [-0.3, -0.25) is 0 Å². The molecule has 2 aliphatic heterocycles. The standard InChI is InChI=1S/C55H63BN10/c1-24(2)35-20-37(26(5)6)42(38(21-35)27(7)8)52-57-45-33(16)63-65-47(45)49(59-52)56-44-54(65)61-51(41-31(14)18-30(13)19-32(41)15)62-55(44)66-48-46(34(17)64-66)58-53(60-50(48)56)43-39(28(9)10)22-36(25(3)4)23-40(43)29(11)12/h18-29H,1-17H3/i16D3,17D3. The normalized spacial score (nSPS) is 14.8. The summed E-state index contributed by atoms with van der Waals surface area (Å²) in [6.45, 7) is 25.8. The third-order valence-electron chi connectivity index (χ3n) is 13.8. The van der Waals surface area contributed by atoms with E-state index >= 15 is 0 Å². The Morgan fingerprint density at radius 2 is 0.818 bits per heavy atom. The first kappa shape index (κ1) is 37.0. The molecule has 0 aliphatic carbocycles.